The first kappa shape index (κ1) is 30.1. The number of para-hydroxylation sites is 4. The maximum atomic E-state index is 6.58. The summed E-state index contributed by atoms with van der Waals surface area (Å²) < 4.78 is 13.9. The van der Waals surface area contributed by atoms with Crippen molar-refractivity contribution in [3.05, 3.63) is 170 Å². The van der Waals surface area contributed by atoms with Crippen LogP contribution in [0.2, 0.25) is 0 Å². The van der Waals surface area contributed by atoms with Gasteiger partial charge in [-0.3, -0.25) is 9.13 Å². The van der Waals surface area contributed by atoms with Crippen molar-refractivity contribution in [3.8, 4) is 45.5 Å². The van der Waals surface area contributed by atoms with E-state index >= 15 is 0 Å². The number of fused-ring (bicyclic) bond motifs is 13. The molecule has 5 heterocycles. The molecule has 0 fully saturated rings. The average Bonchev–Trinajstić information content (AvgIpc) is 3.92. The molecule has 0 spiro atoms. The monoisotopic (exact) mass is 732 g/mol. The molecule has 260 valence electrons. The lowest BCUT2D eigenvalue weighted by Gasteiger charge is -2.21. The van der Waals surface area contributed by atoms with Gasteiger partial charge in [0.2, 0.25) is 0 Å². The number of benzene rings is 8. The van der Waals surface area contributed by atoms with E-state index in [2.05, 4.69) is 173 Å². The summed E-state index contributed by atoms with van der Waals surface area (Å²) in [5.41, 5.74) is 9.31. The summed E-state index contributed by atoms with van der Waals surface area (Å²) in [5, 5.41) is 9.20. The standard InChI is InChI=1S/C50H28N4OS/c1-2-14-30(15-3-1)53-39-23-11-20-35(43(39)44-34-19-12-25-41-47(34)54(50(44)53)38-22-7-8-24-40(38)55-41)49-51-45-31-16-5-4-13-29(31)27-28-36(45)46(52-49)37-21-10-18-33-32-17-6-9-26-42(32)56-48(33)37/h1-28H. The minimum Gasteiger partial charge on any atom is -0.453 e. The summed E-state index contributed by atoms with van der Waals surface area (Å²) in [6.45, 7) is 0. The van der Waals surface area contributed by atoms with Crippen LogP contribution < -0.4 is 4.74 Å². The van der Waals surface area contributed by atoms with Crippen LogP contribution in [0.3, 0.4) is 0 Å². The molecule has 0 saturated heterocycles. The molecule has 0 aliphatic carbocycles. The normalized spacial score (nSPS) is 12.4. The lowest BCUT2D eigenvalue weighted by Crippen LogP contribution is -2.07. The Balaban J connectivity index is 1.21. The van der Waals surface area contributed by atoms with Crippen LogP contribution in [0.15, 0.2) is 170 Å². The Kier molecular flexibility index (Phi) is 5.98. The van der Waals surface area contributed by atoms with Crippen LogP contribution in [0.5, 0.6) is 11.5 Å². The van der Waals surface area contributed by atoms with E-state index in [1.54, 1.807) is 0 Å². The van der Waals surface area contributed by atoms with Gasteiger partial charge in [0, 0.05) is 63.9 Å². The van der Waals surface area contributed by atoms with Crippen molar-refractivity contribution < 1.29 is 4.74 Å². The molecule has 12 aromatic rings. The molecule has 1 aliphatic heterocycles. The average molecular weight is 733 g/mol. The van der Waals surface area contributed by atoms with Crippen LogP contribution in [0, 0.1) is 0 Å². The van der Waals surface area contributed by atoms with Crippen molar-refractivity contribution in [1.82, 2.24) is 19.1 Å². The second-order valence-electron chi connectivity index (χ2n) is 14.5. The highest BCUT2D eigenvalue weighted by atomic mass is 32.1. The molecule has 1 aliphatic rings. The van der Waals surface area contributed by atoms with Crippen LogP contribution in [-0.4, -0.2) is 19.1 Å². The maximum Gasteiger partial charge on any atom is 0.161 e. The highest BCUT2D eigenvalue weighted by Crippen LogP contribution is 2.50. The van der Waals surface area contributed by atoms with E-state index < -0.39 is 0 Å². The minimum absolute atomic E-state index is 0.697. The summed E-state index contributed by atoms with van der Waals surface area (Å²) in [6.07, 6.45) is 0. The molecule has 13 rings (SSSR count). The second-order valence-corrected chi connectivity index (χ2v) is 15.5. The molecule has 56 heavy (non-hydrogen) atoms. The van der Waals surface area contributed by atoms with Crippen molar-refractivity contribution in [3.63, 3.8) is 0 Å². The predicted octanol–water partition coefficient (Wildman–Crippen LogP) is 13.6. The van der Waals surface area contributed by atoms with Gasteiger partial charge in [-0.25, -0.2) is 9.97 Å². The van der Waals surface area contributed by atoms with Gasteiger partial charge >= 0.3 is 0 Å². The fraction of sp³-hybridized carbons (Fsp3) is 0. The fourth-order valence-corrected chi connectivity index (χ4v) is 10.4. The molecular weight excluding hydrogens is 705 g/mol. The van der Waals surface area contributed by atoms with Gasteiger partial charge < -0.3 is 4.74 Å². The topological polar surface area (TPSA) is 44.9 Å². The molecule has 0 saturated carbocycles. The number of thiophene rings is 1. The molecule has 0 N–H and O–H groups in total. The van der Waals surface area contributed by atoms with E-state index in [0.29, 0.717) is 5.82 Å². The van der Waals surface area contributed by atoms with Crippen LogP contribution in [-0.2, 0) is 0 Å². The van der Waals surface area contributed by atoms with Gasteiger partial charge in [0.15, 0.2) is 17.3 Å². The Morgan fingerprint density at radius 2 is 1.21 bits per heavy atom. The first-order valence-electron chi connectivity index (χ1n) is 18.8. The lowest BCUT2D eigenvalue weighted by molar-refractivity contribution is 0.476. The Bertz CT molecular complexity index is 3630. The quantitative estimate of drug-likeness (QED) is 0.170. The van der Waals surface area contributed by atoms with Gasteiger partial charge in [-0.05, 0) is 53.9 Å². The van der Waals surface area contributed by atoms with E-state index in [0.717, 1.165) is 94.2 Å². The van der Waals surface area contributed by atoms with Crippen LogP contribution in [0.4, 0.5) is 0 Å². The van der Waals surface area contributed by atoms with Crippen molar-refractivity contribution in [2.75, 3.05) is 0 Å². The van der Waals surface area contributed by atoms with Crippen molar-refractivity contribution >= 4 is 86.0 Å². The molecule has 0 amide bonds. The second kappa shape index (κ2) is 11.1. The molecule has 0 unspecified atom stereocenters. The van der Waals surface area contributed by atoms with Gasteiger partial charge in [-0.1, -0.05) is 121 Å². The highest BCUT2D eigenvalue weighted by Gasteiger charge is 2.30. The molecule has 4 aromatic heterocycles. The van der Waals surface area contributed by atoms with E-state index in [1.807, 2.05) is 17.4 Å². The third kappa shape index (κ3) is 3.98. The van der Waals surface area contributed by atoms with E-state index in [9.17, 15) is 0 Å². The first-order valence-corrected chi connectivity index (χ1v) is 19.7. The molecule has 0 radical (unpaired) electrons. The number of rotatable bonds is 3. The van der Waals surface area contributed by atoms with Crippen molar-refractivity contribution in [2.24, 2.45) is 0 Å². The predicted molar refractivity (Wildman–Crippen MR) is 232 cm³/mol. The van der Waals surface area contributed by atoms with E-state index in [1.165, 1.54) is 20.2 Å². The van der Waals surface area contributed by atoms with Crippen molar-refractivity contribution in [2.45, 2.75) is 0 Å². The van der Waals surface area contributed by atoms with Gasteiger partial charge in [0.1, 0.15) is 5.65 Å². The number of hydrogen-bond donors (Lipinski definition) is 0. The van der Waals surface area contributed by atoms with E-state index in [-0.39, 0.29) is 0 Å². The molecule has 0 bridgehead atoms. The number of hydrogen-bond acceptors (Lipinski definition) is 4. The lowest BCUT2D eigenvalue weighted by atomic mass is 9.99. The first-order chi connectivity index (χ1) is 27.8. The Morgan fingerprint density at radius 3 is 2.16 bits per heavy atom. The van der Waals surface area contributed by atoms with Crippen LogP contribution in [0.25, 0.3) is 109 Å². The number of ether oxygens (including phenoxy) is 1. The fourth-order valence-electron chi connectivity index (χ4n) is 9.17. The largest absolute Gasteiger partial charge is 0.453 e. The third-order valence-electron chi connectivity index (χ3n) is 11.5. The Labute approximate surface area is 323 Å². The molecule has 5 nitrogen and oxygen atoms in total. The number of aromatic nitrogens is 4. The summed E-state index contributed by atoms with van der Waals surface area (Å²) >= 11 is 1.83. The zero-order valence-corrected chi connectivity index (χ0v) is 30.6. The minimum atomic E-state index is 0.697. The van der Waals surface area contributed by atoms with Gasteiger partial charge in [-0.15, -0.1) is 11.3 Å². The number of nitrogens with zero attached hydrogens (tertiary/aromatic N) is 4. The van der Waals surface area contributed by atoms with Crippen LogP contribution >= 0.6 is 11.3 Å². The smallest absolute Gasteiger partial charge is 0.161 e. The SMILES string of the molecule is c1ccc(-n2c3cccc(-c4nc(-c5cccc6c5sc5ccccc56)c5ccc6ccccc6c5n4)c3c3c4cccc5c4n(c32)-c2ccccc2O5)cc1. The summed E-state index contributed by atoms with van der Waals surface area (Å²) in [5.74, 6) is 2.37. The molecule has 0 atom stereocenters. The maximum absolute atomic E-state index is 6.58. The zero-order chi connectivity index (χ0) is 36.5. The van der Waals surface area contributed by atoms with Gasteiger partial charge in [0.05, 0.1) is 27.9 Å². The highest BCUT2D eigenvalue weighted by molar-refractivity contribution is 7.26. The summed E-state index contributed by atoms with van der Waals surface area (Å²) in [7, 11) is 0. The zero-order valence-electron chi connectivity index (χ0n) is 29.8. The van der Waals surface area contributed by atoms with Crippen LogP contribution in [0.1, 0.15) is 0 Å². The third-order valence-corrected chi connectivity index (χ3v) is 12.7. The van der Waals surface area contributed by atoms with Gasteiger partial charge in [0.25, 0.3) is 0 Å². The molecule has 8 aromatic carbocycles. The van der Waals surface area contributed by atoms with Crippen molar-refractivity contribution in [1.29, 1.82) is 0 Å². The van der Waals surface area contributed by atoms with Gasteiger partial charge in [-0.2, -0.15) is 0 Å². The summed E-state index contributed by atoms with van der Waals surface area (Å²) in [4.78, 5) is 11.2. The summed E-state index contributed by atoms with van der Waals surface area (Å²) in [6, 6.07) is 60.2. The molecular formula is C50H28N4OS. The molecule has 6 heteroatoms. The van der Waals surface area contributed by atoms with E-state index in [4.69, 9.17) is 14.7 Å². The Morgan fingerprint density at radius 1 is 0.482 bits per heavy atom. The Hall–Kier alpha value is -7.28.